The van der Waals surface area contributed by atoms with Gasteiger partial charge in [-0.15, -0.1) is 0 Å². The van der Waals surface area contributed by atoms with Crippen molar-refractivity contribution >= 4 is 17.1 Å². The smallest absolute Gasteiger partial charge is 0.296 e. The number of fused-ring (bicyclic) bond motifs is 1. The third-order valence-electron chi connectivity index (χ3n) is 4.09. The van der Waals surface area contributed by atoms with Gasteiger partial charge >= 0.3 is 5.69 Å². The number of hydrazine groups is 1. The van der Waals surface area contributed by atoms with E-state index < -0.39 is 11.2 Å². The Hall–Kier alpha value is -2.87. The topological polar surface area (TPSA) is 99.9 Å². The molecule has 0 amide bonds. The first kappa shape index (κ1) is 15.0. The number of aryl methyl sites for hydroxylation is 1. The number of anilines is 1. The van der Waals surface area contributed by atoms with Gasteiger partial charge in [0.25, 0.3) is 5.56 Å². The molecule has 23 heavy (non-hydrogen) atoms. The van der Waals surface area contributed by atoms with E-state index in [4.69, 9.17) is 5.84 Å². The summed E-state index contributed by atoms with van der Waals surface area (Å²) in [5.74, 6) is 5.91. The van der Waals surface area contributed by atoms with Crippen LogP contribution in [0.5, 0.6) is 0 Å². The zero-order valence-electron chi connectivity index (χ0n) is 13.1. The van der Waals surface area contributed by atoms with Crippen molar-refractivity contribution in [1.29, 1.82) is 0 Å². The van der Waals surface area contributed by atoms with Gasteiger partial charge in [-0.3, -0.25) is 23.9 Å². The van der Waals surface area contributed by atoms with E-state index in [9.17, 15) is 9.59 Å². The highest BCUT2D eigenvalue weighted by Gasteiger charge is 2.22. The summed E-state index contributed by atoms with van der Waals surface area (Å²) in [4.78, 5) is 29.0. The summed E-state index contributed by atoms with van der Waals surface area (Å²) in [6.07, 6.45) is 0. The number of rotatable bonds is 3. The van der Waals surface area contributed by atoms with E-state index >= 15 is 0 Å². The summed E-state index contributed by atoms with van der Waals surface area (Å²) in [5.41, 5.74) is 3.32. The molecule has 8 heteroatoms. The van der Waals surface area contributed by atoms with Crippen LogP contribution in [0, 0.1) is 0 Å². The van der Waals surface area contributed by atoms with Gasteiger partial charge in [0, 0.05) is 14.1 Å². The molecular formula is C15H18N6O2. The van der Waals surface area contributed by atoms with Crippen molar-refractivity contribution in [3.8, 4) is 0 Å². The molecule has 0 fully saturated rings. The van der Waals surface area contributed by atoms with Crippen molar-refractivity contribution in [2.24, 2.45) is 19.9 Å². The Morgan fingerprint density at radius 1 is 1.13 bits per heavy atom. The lowest BCUT2D eigenvalue weighted by molar-refractivity contribution is 0.650. The quantitative estimate of drug-likeness (QED) is 0.536. The van der Waals surface area contributed by atoms with Crippen molar-refractivity contribution in [2.45, 2.75) is 13.0 Å². The number of aromatic nitrogens is 4. The first-order valence-corrected chi connectivity index (χ1v) is 7.17. The number of nitrogens with one attached hydrogen (secondary N) is 1. The third-order valence-corrected chi connectivity index (χ3v) is 4.09. The van der Waals surface area contributed by atoms with Crippen molar-refractivity contribution < 1.29 is 0 Å². The maximum absolute atomic E-state index is 12.6. The summed E-state index contributed by atoms with van der Waals surface area (Å²) < 4.78 is 4.12. The van der Waals surface area contributed by atoms with Gasteiger partial charge in [0.2, 0.25) is 5.95 Å². The van der Waals surface area contributed by atoms with Crippen LogP contribution in [0.15, 0.2) is 39.9 Å². The van der Waals surface area contributed by atoms with Crippen LogP contribution in [0.4, 0.5) is 5.95 Å². The molecule has 2 aromatic heterocycles. The number of nitrogens with zero attached hydrogens (tertiary/aromatic N) is 4. The molecule has 0 spiro atoms. The second kappa shape index (κ2) is 5.40. The highest BCUT2D eigenvalue weighted by molar-refractivity contribution is 5.74. The summed E-state index contributed by atoms with van der Waals surface area (Å²) >= 11 is 0. The van der Waals surface area contributed by atoms with E-state index in [1.54, 1.807) is 11.6 Å². The molecule has 0 aliphatic rings. The van der Waals surface area contributed by atoms with Crippen LogP contribution in [-0.4, -0.2) is 18.7 Å². The molecule has 0 aliphatic heterocycles. The Labute approximate surface area is 131 Å². The number of hydrogen-bond acceptors (Lipinski definition) is 5. The molecule has 0 saturated heterocycles. The molecule has 0 bridgehead atoms. The predicted molar refractivity (Wildman–Crippen MR) is 88.3 cm³/mol. The molecule has 1 unspecified atom stereocenters. The van der Waals surface area contributed by atoms with E-state index in [1.165, 1.54) is 11.6 Å². The van der Waals surface area contributed by atoms with Gasteiger partial charge in [0.15, 0.2) is 11.2 Å². The highest BCUT2D eigenvalue weighted by Crippen LogP contribution is 2.25. The lowest BCUT2D eigenvalue weighted by Crippen LogP contribution is -2.37. The van der Waals surface area contributed by atoms with Crippen LogP contribution in [0.1, 0.15) is 18.5 Å². The maximum Gasteiger partial charge on any atom is 0.332 e. The summed E-state index contributed by atoms with van der Waals surface area (Å²) in [5, 5.41) is 0. The lowest BCUT2D eigenvalue weighted by atomic mass is 10.1. The van der Waals surface area contributed by atoms with E-state index in [0.717, 1.165) is 10.1 Å². The Morgan fingerprint density at radius 2 is 1.78 bits per heavy atom. The third kappa shape index (κ3) is 2.15. The van der Waals surface area contributed by atoms with Gasteiger partial charge in [-0.25, -0.2) is 10.6 Å². The van der Waals surface area contributed by atoms with Gasteiger partial charge in [-0.05, 0) is 12.5 Å². The molecule has 2 heterocycles. The van der Waals surface area contributed by atoms with Gasteiger partial charge < -0.3 is 0 Å². The van der Waals surface area contributed by atoms with Crippen LogP contribution in [0.2, 0.25) is 0 Å². The molecule has 0 saturated carbocycles. The molecule has 0 aliphatic carbocycles. The number of benzene rings is 1. The minimum Gasteiger partial charge on any atom is -0.296 e. The lowest BCUT2D eigenvalue weighted by Gasteiger charge is -2.17. The van der Waals surface area contributed by atoms with Crippen LogP contribution < -0.4 is 22.5 Å². The van der Waals surface area contributed by atoms with E-state index in [0.29, 0.717) is 17.1 Å². The van der Waals surface area contributed by atoms with Gasteiger partial charge in [-0.2, -0.15) is 4.98 Å². The first-order valence-electron chi connectivity index (χ1n) is 7.17. The van der Waals surface area contributed by atoms with E-state index in [2.05, 4.69) is 10.4 Å². The van der Waals surface area contributed by atoms with Gasteiger partial charge in [-0.1, -0.05) is 30.3 Å². The summed E-state index contributed by atoms with van der Waals surface area (Å²) in [7, 11) is 3.03. The minimum atomic E-state index is -0.428. The zero-order valence-corrected chi connectivity index (χ0v) is 13.1. The Balaban J connectivity index is 2.41. The number of imidazole rings is 1. The Kier molecular flexibility index (Phi) is 3.53. The molecule has 120 valence electrons. The molecule has 3 rings (SSSR count). The normalized spacial score (nSPS) is 12.5. The molecule has 3 aromatic rings. The summed E-state index contributed by atoms with van der Waals surface area (Å²) in [6.45, 7) is 1.95. The molecule has 1 atom stereocenters. The maximum atomic E-state index is 12.6. The largest absolute Gasteiger partial charge is 0.332 e. The fourth-order valence-corrected chi connectivity index (χ4v) is 2.77. The highest BCUT2D eigenvalue weighted by atomic mass is 16.2. The van der Waals surface area contributed by atoms with E-state index in [-0.39, 0.29) is 6.04 Å². The second-order valence-corrected chi connectivity index (χ2v) is 5.41. The molecule has 1 aromatic carbocycles. The monoisotopic (exact) mass is 314 g/mol. The number of nitrogen functional groups attached to an aromatic ring is 1. The molecule has 8 nitrogen and oxygen atoms in total. The minimum absolute atomic E-state index is 0.183. The number of hydrogen-bond donors (Lipinski definition) is 2. The van der Waals surface area contributed by atoms with Gasteiger partial charge in [0.1, 0.15) is 0 Å². The number of nitrogens with two attached hydrogens (primary N) is 1. The standard InChI is InChI=1S/C15H18N6O2/c1-9(10-7-5-4-6-8-10)21-11-12(17-14(21)18-16)19(2)15(23)20(3)13(11)22/h4-9H,16H2,1-3H3,(H,17,18). The Bertz CT molecular complexity index is 983. The van der Waals surface area contributed by atoms with Crippen LogP contribution >= 0.6 is 0 Å². The second-order valence-electron chi connectivity index (χ2n) is 5.41. The zero-order chi connectivity index (χ0) is 16.7. The van der Waals surface area contributed by atoms with Crippen molar-refractivity contribution in [3.05, 3.63) is 56.7 Å². The van der Waals surface area contributed by atoms with Crippen LogP contribution in [-0.2, 0) is 14.1 Å². The average Bonchev–Trinajstić information content (AvgIpc) is 2.98. The molecular weight excluding hydrogens is 296 g/mol. The van der Waals surface area contributed by atoms with Crippen LogP contribution in [0.25, 0.3) is 11.2 Å². The predicted octanol–water partition coefficient (Wildman–Crippen LogP) is 0.329. The molecule has 3 N–H and O–H groups in total. The SMILES string of the molecule is CC(c1ccccc1)n1c(NN)nc2c1c(=O)n(C)c(=O)n2C. The average molecular weight is 314 g/mol. The van der Waals surface area contributed by atoms with E-state index in [1.807, 2.05) is 37.3 Å². The molecule has 0 radical (unpaired) electrons. The summed E-state index contributed by atoms with van der Waals surface area (Å²) in [6, 6.07) is 9.51. The fourth-order valence-electron chi connectivity index (χ4n) is 2.77. The van der Waals surface area contributed by atoms with Gasteiger partial charge in [0.05, 0.1) is 6.04 Å². The fraction of sp³-hybridized carbons (Fsp3) is 0.267. The first-order chi connectivity index (χ1) is 11.0. The van der Waals surface area contributed by atoms with Crippen molar-refractivity contribution in [3.63, 3.8) is 0 Å². The van der Waals surface area contributed by atoms with Crippen molar-refractivity contribution in [1.82, 2.24) is 18.7 Å². The van der Waals surface area contributed by atoms with Crippen LogP contribution in [0.3, 0.4) is 0 Å². The Morgan fingerprint density at radius 3 is 2.39 bits per heavy atom. The van der Waals surface area contributed by atoms with Crippen molar-refractivity contribution in [2.75, 3.05) is 5.43 Å².